The molecule has 0 fully saturated rings. The van der Waals surface area contributed by atoms with Gasteiger partial charge >= 0.3 is 0 Å². The zero-order valence-electron chi connectivity index (χ0n) is 13.5. The summed E-state index contributed by atoms with van der Waals surface area (Å²) in [6, 6.07) is 10.2. The minimum atomic E-state index is 0.861. The highest BCUT2D eigenvalue weighted by Crippen LogP contribution is 2.26. The Bertz CT molecular complexity index is 739. The second-order valence-corrected chi connectivity index (χ2v) is 5.81. The van der Waals surface area contributed by atoms with Crippen LogP contribution in [-0.2, 0) is 0 Å². The van der Waals surface area contributed by atoms with E-state index in [1.807, 2.05) is 30.5 Å². The maximum Gasteiger partial charge on any atom is 0.0855 e. The summed E-state index contributed by atoms with van der Waals surface area (Å²) in [6.07, 6.45) is 11.6. The second-order valence-electron chi connectivity index (χ2n) is 4.96. The molecule has 0 saturated carbocycles. The molecule has 2 nitrogen and oxygen atoms in total. The lowest BCUT2D eigenvalue weighted by atomic mass is 10.1. The van der Waals surface area contributed by atoms with Gasteiger partial charge in [0.05, 0.1) is 10.4 Å². The molecular weight excluding hydrogens is 300 g/mol. The van der Waals surface area contributed by atoms with Crippen LogP contribution in [-0.4, -0.2) is 4.98 Å². The van der Waals surface area contributed by atoms with Crippen LogP contribution in [0.2, 0.25) is 0 Å². The standard InChI is InChI=1S/C20H22N2S/c1-4-7-11-16(6-3)18(10-5-2)22-23-19-14-8-12-17-13-9-15-21-20(17)19/h4-5,8-15,22H,1-2,6-7H2,3H3/b16-11-,18-10+. The molecule has 0 aliphatic heterocycles. The van der Waals surface area contributed by atoms with E-state index in [4.69, 9.17) is 0 Å². The van der Waals surface area contributed by atoms with Gasteiger partial charge in [-0.05, 0) is 48.6 Å². The van der Waals surface area contributed by atoms with Crippen LogP contribution >= 0.6 is 11.9 Å². The molecule has 1 aromatic carbocycles. The van der Waals surface area contributed by atoms with E-state index in [-0.39, 0.29) is 0 Å². The molecule has 1 heterocycles. The number of nitrogens with one attached hydrogen (secondary N) is 1. The molecule has 0 aliphatic carbocycles. The normalized spacial score (nSPS) is 12.2. The zero-order valence-corrected chi connectivity index (χ0v) is 14.3. The fourth-order valence-electron chi connectivity index (χ4n) is 2.26. The Hall–Kier alpha value is -2.26. The Kier molecular flexibility index (Phi) is 6.70. The molecule has 0 radical (unpaired) electrons. The largest absolute Gasteiger partial charge is 0.325 e. The third kappa shape index (κ3) is 4.60. The Balaban J connectivity index is 2.23. The summed E-state index contributed by atoms with van der Waals surface area (Å²) in [7, 11) is 0. The predicted molar refractivity (Wildman–Crippen MR) is 102 cm³/mol. The van der Waals surface area contributed by atoms with Gasteiger partial charge in [0.1, 0.15) is 0 Å². The molecule has 2 rings (SSSR count). The third-order valence-corrected chi connectivity index (χ3v) is 4.28. The molecule has 23 heavy (non-hydrogen) atoms. The van der Waals surface area contributed by atoms with E-state index in [2.05, 4.69) is 60.1 Å². The van der Waals surface area contributed by atoms with Crippen molar-refractivity contribution in [2.75, 3.05) is 0 Å². The Morgan fingerprint density at radius 2 is 2.09 bits per heavy atom. The lowest BCUT2D eigenvalue weighted by Gasteiger charge is -2.13. The maximum absolute atomic E-state index is 4.49. The van der Waals surface area contributed by atoms with Gasteiger partial charge in [0.2, 0.25) is 0 Å². The first-order valence-electron chi connectivity index (χ1n) is 7.69. The minimum absolute atomic E-state index is 0.861. The lowest BCUT2D eigenvalue weighted by Crippen LogP contribution is -2.06. The summed E-state index contributed by atoms with van der Waals surface area (Å²) in [5.41, 5.74) is 3.34. The number of aromatic nitrogens is 1. The van der Waals surface area contributed by atoms with E-state index in [1.54, 1.807) is 11.9 Å². The lowest BCUT2D eigenvalue weighted by molar-refractivity contribution is 1.04. The highest BCUT2D eigenvalue weighted by Gasteiger charge is 2.06. The first kappa shape index (κ1) is 17.1. The van der Waals surface area contributed by atoms with E-state index in [9.17, 15) is 0 Å². The SMILES string of the molecule is C=C/C=C(NSc1cccc2cccnc12)\C(=C/CC=C)CC. The highest BCUT2D eigenvalue weighted by molar-refractivity contribution is 7.97. The van der Waals surface area contributed by atoms with Crippen molar-refractivity contribution in [3.8, 4) is 0 Å². The van der Waals surface area contributed by atoms with E-state index in [0.29, 0.717) is 0 Å². The molecule has 1 aromatic heterocycles. The highest BCUT2D eigenvalue weighted by atomic mass is 32.2. The van der Waals surface area contributed by atoms with Gasteiger partial charge in [0, 0.05) is 17.3 Å². The molecule has 0 unspecified atom stereocenters. The number of pyridine rings is 1. The van der Waals surface area contributed by atoms with Crippen molar-refractivity contribution >= 4 is 22.9 Å². The van der Waals surface area contributed by atoms with Crippen LogP contribution in [0.4, 0.5) is 0 Å². The van der Waals surface area contributed by atoms with Crippen LogP contribution in [0.5, 0.6) is 0 Å². The number of nitrogens with zero attached hydrogens (tertiary/aromatic N) is 1. The molecule has 0 saturated heterocycles. The van der Waals surface area contributed by atoms with Crippen molar-refractivity contribution in [1.82, 2.24) is 9.71 Å². The van der Waals surface area contributed by atoms with Crippen LogP contribution in [0.25, 0.3) is 10.9 Å². The Labute approximate surface area is 142 Å². The van der Waals surface area contributed by atoms with E-state index in [1.165, 1.54) is 5.57 Å². The van der Waals surface area contributed by atoms with E-state index < -0.39 is 0 Å². The predicted octanol–water partition coefficient (Wildman–Crippen LogP) is 5.81. The van der Waals surface area contributed by atoms with Crippen LogP contribution in [0.1, 0.15) is 19.8 Å². The van der Waals surface area contributed by atoms with Crippen molar-refractivity contribution in [3.63, 3.8) is 0 Å². The Morgan fingerprint density at radius 3 is 2.83 bits per heavy atom. The number of benzene rings is 1. The van der Waals surface area contributed by atoms with Crippen molar-refractivity contribution in [1.29, 1.82) is 0 Å². The monoisotopic (exact) mass is 322 g/mol. The van der Waals surface area contributed by atoms with Gasteiger partial charge in [0.25, 0.3) is 0 Å². The molecule has 118 valence electrons. The second kappa shape index (κ2) is 9.01. The number of hydrogen-bond donors (Lipinski definition) is 1. The number of rotatable bonds is 8. The average Bonchev–Trinajstić information content (AvgIpc) is 2.60. The average molecular weight is 322 g/mol. The molecule has 3 heteroatoms. The van der Waals surface area contributed by atoms with E-state index >= 15 is 0 Å². The fourth-order valence-corrected chi connectivity index (χ4v) is 3.10. The molecule has 0 spiro atoms. The number of allylic oxidation sites excluding steroid dienone is 5. The number of hydrogen-bond acceptors (Lipinski definition) is 3. The summed E-state index contributed by atoms with van der Waals surface area (Å²) in [4.78, 5) is 5.60. The first-order valence-corrected chi connectivity index (χ1v) is 8.51. The van der Waals surface area contributed by atoms with Gasteiger partial charge in [-0.3, -0.25) is 4.98 Å². The summed E-state index contributed by atoms with van der Waals surface area (Å²) in [5, 5.41) is 1.14. The minimum Gasteiger partial charge on any atom is -0.325 e. The van der Waals surface area contributed by atoms with Crippen molar-refractivity contribution in [2.24, 2.45) is 0 Å². The summed E-state index contributed by atoms with van der Waals surface area (Å²) in [6.45, 7) is 9.75. The van der Waals surface area contributed by atoms with Crippen LogP contribution in [0.15, 0.2) is 90.2 Å². The smallest absolute Gasteiger partial charge is 0.0855 e. The van der Waals surface area contributed by atoms with Crippen LogP contribution < -0.4 is 4.72 Å². The van der Waals surface area contributed by atoms with Gasteiger partial charge in [-0.1, -0.05) is 49.9 Å². The van der Waals surface area contributed by atoms with Crippen molar-refractivity contribution in [2.45, 2.75) is 24.7 Å². The van der Waals surface area contributed by atoms with Gasteiger partial charge < -0.3 is 4.72 Å². The molecule has 0 atom stereocenters. The number of para-hydroxylation sites is 1. The zero-order chi connectivity index (χ0) is 16.5. The third-order valence-electron chi connectivity index (χ3n) is 3.41. The van der Waals surface area contributed by atoms with Crippen molar-refractivity contribution in [3.05, 3.63) is 85.3 Å². The fraction of sp³-hybridized carbons (Fsp3) is 0.150. The van der Waals surface area contributed by atoms with Crippen molar-refractivity contribution < 1.29 is 0 Å². The Morgan fingerprint density at radius 1 is 1.26 bits per heavy atom. The van der Waals surface area contributed by atoms with Gasteiger partial charge in [0.15, 0.2) is 0 Å². The quantitative estimate of drug-likeness (QED) is 0.377. The maximum atomic E-state index is 4.49. The molecule has 1 N–H and O–H groups in total. The van der Waals surface area contributed by atoms with Crippen LogP contribution in [0.3, 0.4) is 0 Å². The molecular formula is C20H22N2S. The van der Waals surface area contributed by atoms with Crippen LogP contribution in [0, 0.1) is 0 Å². The number of fused-ring (bicyclic) bond motifs is 1. The van der Waals surface area contributed by atoms with E-state index in [0.717, 1.165) is 34.3 Å². The molecule has 0 aliphatic rings. The summed E-state index contributed by atoms with van der Waals surface area (Å²) >= 11 is 1.58. The summed E-state index contributed by atoms with van der Waals surface area (Å²) < 4.78 is 3.45. The molecule has 0 amide bonds. The summed E-state index contributed by atoms with van der Waals surface area (Å²) in [5.74, 6) is 0. The molecule has 0 bridgehead atoms. The first-order chi connectivity index (χ1) is 11.3. The van der Waals surface area contributed by atoms with Gasteiger partial charge in [-0.2, -0.15) is 0 Å². The molecule has 2 aromatic rings. The van der Waals surface area contributed by atoms with Gasteiger partial charge in [-0.15, -0.1) is 6.58 Å². The van der Waals surface area contributed by atoms with Gasteiger partial charge in [-0.25, -0.2) is 0 Å². The topological polar surface area (TPSA) is 24.9 Å².